The van der Waals surface area contributed by atoms with E-state index in [2.05, 4.69) is 10.3 Å². The molecule has 0 atom stereocenters. The molecule has 0 fully saturated rings. The summed E-state index contributed by atoms with van der Waals surface area (Å²) < 4.78 is 15.1. The molecule has 4 nitrogen and oxygen atoms in total. The van der Waals surface area contributed by atoms with Crippen LogP contribution < -0.4 is 5.32 Å². The van der Waals surface area contributed by atoms with Crippen LogP contribution in [0.25, 0.3) is 5.65 Å². The molecular formula is C19H20FN3O. The number of rotatable bonds is 4. The zero-order valence-corrected chi connectivity index (χ0v) is 14.1. The second-order valence-corrected chi connectivity index (χ2v) is 5.75. The summed E-state index contributed by atoms with van der Waals surface area (Å²) in [5.41, 5.74) is 4.50. The van der Waals surface area contributed by atoms with Crippen molar-refractivity contribution in [2.45, 2.75) is 33.6 Å². The Balaban J connectivity index is 2.08. The number of aryl methyl sites for hydroxylation is 3. The number of hydrogen-bond donors (Lipinski definition) is 1. The standard InChI is InChI=1S/C19H20FN3O/c1-4-13-8-6-7-12(3)17(13)22-19(24)18-15(5-2)21-16-10-9-14(20)11-23(16)18/h6-11H,4-5H2,1-3H3,(H,22,24). The van der Waals surface area contributed by atoms with Gasteiger partial charge in [0.2, 0.25) is 0 Å². The van der Waals surface area contributed by atoms with Crippen LogP contribution in [0.5, 0.6) is 0 Å². The molecule has 5 heteroatoms. The van der Waals surface area contributed by atoms with Crippen LogP contribution in [0.1, 0.15) is 41.2 Å². The molecule has 1 amide bonds. The van der Waals surface area contributed by atoms with Gasteiger partial charge in [0.1, 0.15) is 17.2 Å². The highest BCUT2D eigenvalue weighted by molar-refractivity contribution is 6.05. The van der Waals surface area contributed by atoms with Crippen molar-refractivity contribution in [1.29, 1.82) is 0 Å². The predicted octanol–water partition coefficient (Wildman–Crippen LogP) is 4.16. The van der Waals surface area contributed by atoms with E-state index in [1.165, 1.54) is 16.7 Å². The molecule has 3 rings (SSSR count). The van der Waals surface area contributed by atoms with Crippen molar-refractivity contribution in [3.8, 4) is 0 Å². The number of hydrogen-bond acceptors (Lipinski definition) is 2. The van der Waals surface area contributed by atoms with Gasteiger partial charge in [-0.3, -0.25) is 9.20 Å². The van der Waals surface area contributed by atoms with E-state index in [-0.39, 0.29) is 5.91 Å². The number of fused-ring (bicyclic) bond motifs is 1. The predicted molar refractivity (Wildman–Crippen MR) is 93.0 cm³/mol. The van der Waals surface area contributed by atoms with Crippen LogP contribution in [0.15, 0.2) is 36.5 Å². The van der Waals surface area contributed by atoms with E-state index in [0.717, 1.165) is 23.2 Å². The summed E-state index contributed by atoms with van der Waals surface area (Å²) in [6.07, 6.45) is 2.72. The van der Waals surface area contributed by atoms with Gasteiger partial charge < -0.3 is 5.32 Å². The number of imidazole rings is 1. The van der Waals surface area contributed by atoms with Crippen LogP contribution in [-0.4, -0.2) is 15.3 Å². The third-order valence-electron chi connectivity index (χ3n) is 4.18. The molecule has 2 heterocycles. The van der Waals surface area contributed by atoms with Gasteiger partial charge in [0.05, 0.1) is 5.69 Å². The quantitative estimate of drug-likeness (QED) is 0.783. The lowest BCUT2D eigenvalue weighted by atomic mass is 10.1. The van der Waals surface area contributed by atoms with E-state index < -0.39 is 5.82 Å². The van der Waals surface area contributed by atoms with Gasteiger partial charge in [0.25, 0.3) is 5.91 Å². The number of para-hydroxylation sites is 1. The van der Waals surface area contributed by atoms with E-state index in [1.54, 1.807) is 6.07 Å². The Labute approximate surface area is 140 Å². The molecule has 0 radical (unpaired) electrons. The lowest BCUT2D eigenvalue weighted by Gasteiger charge is -2.13. The van der Waals surface area contributed by atoms with Crippen molar-refractivity contribution in [1.82, 2.24) is 9.38 Å². The maximum absolute atomic E-state index is 13.6. The summed E-state index contributed by atoms with van der Waals surface area (Å²) in [7, 11) is 0. The highest BCUT2D eigenvalue weighted by Crippen LogP contribution is 2.23. The van der Waals surface area contributed by atoms with Crippen LogP contribution in [0.3, 0.4) is 0 Å². The molecule has 0 saturated carbocycles. The third kappa shape index (κ3) is 2.77. The van der Waals surface area contributed by atoms with Crippen molar-refractivity contribution < 1.29 is 9.18 Å². The average Bonchev–Trinajstić information content (AvgIpc) is 2.94. The van der Waals surface area contributed by atoms with E-state index in [0.29, 0.717) is 23.5 Å². The minimum Gasteiger partial charge on any atom is -0.320 e. The lowest BCUT2D eigenvalue weighted by Crippen LogP contribution is -2.18. The smallest absolute Gasteiger partial charge is 0.274 e. The lowest BCUT2D eigenvalue weighted by molar-refractivity contribution is 0.102. The number of nitrogens with one attached hydrogen (secondary N) is 1. The zero-order valence-electron chi connectivity index (χ0n) is 14.1. The summed E-state index contributed by atoms with van der Waals surface area (Å²) >= 11 is 0. The number of carbonyl (C=O) groups excluding carboxylic acids is 1. The fourth-order valence-corrected chi connectivity index (χ4v) is 2.93. The summed E-state index contributed by atoms with van der Waals surface area (Å²) in [4.78, 5) is 17.3. The average molecular weight is 325 g/mol. The minimum absolute atomic E-state index is 0.269. The topological polar surface area (TPSA) is 46.4 Å². The largest absolute Gasteiger partial charge is 0.320 e. The first-order valence-electron chi connectivity index (χ1n) is 8.11. The van der Waals surface area contributed by atoms with E-state index in [4.69, 9.17) is 0 Å². The first-order valence-corrected chi connectivity index (χ1v) is 8.11. The highest BCUT2D eigenvalue weighted by atomic mass is 19.1. The van der Waals surface area contributed by atoms with Gasteiger partial charge in [0.15, 0.2) is 0 Å². The number of halogens is 1. The second kappa shape index (κ2) is 6.43. The van der Waals surface area contributed by atoms with Crippen LogP contribution in [0.2, 0.25) is 0 Å². The SMILES string of the molecule is CCc1cccc(C)c1NC(=O)c1c(CC)nc2ccc(F)cn12. The van der Waals surface area contributed by atoms with Crippen molar-refractivity contribution in [3.63, 3.8) is 0 Å². The van der Waals surface area contributed by atoms with Gasteiger partial charge >= 0.3 is 0 Å². The number of benzene rings is 1. The molecule has 24 heavy (non-hydrogen) atoms. The highest BCUT2D eigenvalue weighted by Gasteiger charge is 2.20. The van der Waals surface area contributed by atoms with Gasteiger partial charge in [-0.15, -0.1) is 0 Å². The molecule has 124 valence electrons. The zero-order chi connectivity index (χ0) is 17.3. The third-order valence-corrected chi connectivity index (χ3v) is 4.18. The van der Waals surface area contributed by atoms with Crippen molar-refractivity contribution >= 4 is 17.2 Å². The Bertz CT molecular complexity index is 914. The summed E-state index contributed by atoms with van der Waals surface area (Å²) in [6.45, 7) is 5.94. The fraction of sp³-hybridized carbons (Fsp3) is 0.263. The van der Waals surface area contributed by atoms with E-state index in [1.807, 2.05) is 39.0 Å². The van der Waals surface area contributed by atoms with Gasteiger partial charge in [-0.25, -0.2) is 9.37 Å². The normalized spacial score (nSPS) is 11.0. The van der Waals surface area contributed by atoms with Crippen molar-refractivity contribution in [2.24, 2.45) is 0 Å². The van der Waals surface area contributed by atoms with Gasteiger partial charge in [-0.2, -0.15) is 0 Å². The molecule has 0 aliphatic heterocycles. The van der Waals surface area contributed by atoms with Crippen molar-refractivity contribution in [3.05, 3.63) is 64.9 Å². The number of amides is 1. The summed E-state index contributed by atoms with van der Waals surface area (Å²) in [5, 5.41) is 3.00. The van der Waals surface area contributed by atoms with Crippen LogP contribution >= 0.6 is 0 Å². The monoisotopic (exact) mass is 325 g/mol. The molecule has 1 N–H and O–H groups in total. The first-order chi connectivity index (χ1) is 11.5. The number of pyridine rings is 1. The minimum atomic E-state index is -0.401. The summed E-state index contributed by atoms with van der Waals surface area (Å²) in [5.74, 6) is -0.671. The second-order valence-electron chi connectivity index (χ2n) is 5.75. The van der Waals surface area contributed by atoms with Crippen LogP contribution in [0.4, 0.5) is 10.1 Å². The molecular weight excluding hydrogens is 305 g/mol. The number of anilines is 1. The Morgan fingerprint density at radius 3 is 2.71 bits per heavy atom. The molecule has 0 unspecified atom stereocenters. The van der Waals surface area contributed by atoms with Gasteiger partial charge in [0, 0.05) is 11.9 Å². The van der Waals surface area contributed by atoms with Gasteiger partial charge in [-0.1, -0.05) is 32.0 Å². The summed E-state index contributed by atoms with van der Waals surface area (Å²) in [6, 6.07) is 8.86. The maximum atomic E-state index is 13.6. The van der Waals surface area contributed by atoms with Crippen molar-refractivity contribution in [2.75, 3.05) is 5.32 Å². The molecule has 0 bridgehead atoms. The first kappa shape index (κ1) is 16.2. The Morgan fingerprint density at radius 2 is 2.00 bits per heavy atom. The molecule has 0 spiro atoms. The van der Waals surface area contributed by atoms with E-state index >= 15 is 0 Å². The molecule has 3 aromatic rings. The van der Waals surface area contributed by atoms with Gasteiger partial charge in [-0.05, 0) is 43.0 Å². The fourth-order valence-electron chi connectivity index (χ4n) is 2.93. The molecule has 0 aliphatic carbocycles. The molecule has 0 saturated heterocycles. The molecule has 0 aliphatic rings. The van der Waals surface area contributed by atoms with E-state index in [9.17, 15) is 9.18 Å². The Kier molecular flexibility index (Phi) is 4.34. The van der Waals surface area contributed by atoms with Crippen LogP contribution in [0, 0.1) is 12.7 Å². The molecule has 2 aromatic heterocycles. The number of nitrogens with zero attached hydrogens (tertiary/aromatic N) is 2. The molecule has 1 aromatic carbocycles. The Hall–Kier alpha value is -2.69. The maximum Gasteiger partial charge on any atom is 0.274 e. The number of aromatic nitrogens is 2. The number of carbonyl (C=O) groups is 1. The Morgan fingerprint density at radius 1 is 1.21 bits per heavy atom. The van der Waals surface area contributed by atoms with Crippen LogP contribution in [-0.2, 0) is 12.8 Å².